The van der Waals surface area contributed by atoms with E-state index in [4.69, 9.17) is 28.9 Å². The van der Waals surface area contributed by atoms with Gasteiger partial charge in [-0.25, -0.2) is 0 Å². The van der Waals surface area contributed by atoms with Crippen LogP contribution in [0.25, 0.3) is 0 Å². The molecule has 0 unspecified atom stereocenters. The number of hydrogen-bond acceptors (Lipinski definition) is 3. The van der Waals surface area contributed by atoms with E-state index in [0.29, 0.717) is 22.3 Å². The first-order valence-corrected chi connectivity index (χ1v) is 6.58. The van der Waals surface area contributed by atoms with Crippen LogP contribution in [0.15, 0.2) is 36.4 Å². The maximum Gasteiger partial charge on any atom is 0.115 e. The van der Waals surface area contributed by atoms with E-state index in [1.165, 1.54) is 0 Å². The summed E-state index contributed by atoms with van der Waals surface area (Å²) < 4.78 is 0. The quantitative estimate of drug-likeness (QED) is 0.749. The lowest BCUT2D eigenvalue weighted by Gasteiger charge is -2.10. The van der Waals surface area contributed by atoms with Crippen molar-refractivity contribution >= 4 is 34.6 Å². The van der Waals surface area contributed by atoms with E-state index < -0.39 is 0 Å². The molecule has 2 aromatic carbocycles. The Morgan fingerprint density at radius 1 is 1.05 bits per heavy atom. The van der Waals surface area contributed by atoms with Gasteiger partial charge >= 0.3 is 0 Å². The summed E-state index contributed by atoms with van der Waals surface area (Å²) in [6.07, 6.45) is 0.819. The fraction of sp³-hybridized carbons (Fsp3) is 0.143. The van der Waals surface area contributed by atoms with E-state index in [9.17, 15) is 5.11 Å². The van der Waals surface area contributed by atoms with Crippen LogP contribution >= 0.6 is 23.2 Å². The number of nitrogens with two attached hydrogens (primary N) is 1. The van der Waals surface area contributed by atoms with E-state index in [1.807, 2.05) is 12.1 Å². The highest BCUT2D eigenvalue weighted by atomic mass is 35.5. The monoisotopic (exact) mass is 296 g/mol. The zero-order chi connectivity index (χ0) is 13.8. The Kier molecular flexibility index (Phi) is 4.40. The third kappa shape index (κ3) is 3.69. The molecular formula is C14H14Cl2N2O. The Balaban J connectivity index is 1.96. The maximum atomic E-state index is 9.19. The first kappa shape index (κ1) is 13.8. The summed E-state index contributed by atoms with van der Waals surface area (Å²) in [6, 6.07) is 10.5. The fourth-order valence-electron chi connectivity index (χ4n) is 1.72. The number of halogens is 2. The van der Waals surface area contributed by atoms with E-state index >= 15 is 0 Å². The van der Waals surface area contributed by atoms with Gasteiger partial charge in [-0.3, -0.25) is 0 Å². The Labute approximate surface area is 122 Å². The molecule has 0 bridgehead atoms. The van der Waals surface area contributed by atoms with Crippen molar-refractivity contribution in [1.29, 1.82) is 0 Å². The van der Waals surface area contributed by atoms with E-state index in [2.05, 4.69) is 5.32 Å². The number of phenols is 1. The minimum atomic E-state index is 0.269. The maximum absolute atomic E-state index is 9.19. The summed E-state index contributed by atoms with van der Waals surface area (Å²) in [4.78, 5) is 0. The molecule has 0 aromatic heterocycles. The highest BCUT2D eigenvalue weighted by molar-refractivity contribution is 6.42. The normalized spacial score (nSPS) is 10.4. The molecule has 0 spiro atoms. The van der Waals surface area contributed by atoms with Gasteiger partial charge in [0.25, 0.3) is 0 Å². The molecule has 100 valence electrons. The van der Waals surface area contributed by atoms with Crippen molar-refractivity contribution in [2.45, 2.75) is 6.42 Å². The molecule has 0 fully saturated rings. The minimum Gasteiger partial charge on any atom is -0.508 e. The molecule has 5 heteroatoms. The second-order valence-corrected chi connectivity index (χ2v) is 5.01. The number of phenolic OH excluding ortho intramolecular Hbond substituents is 1. The first-order valence-electron chi connectivity index (χ1n) is 5.82. The second kappa shape index (κ2) is 6.04. The van der Waals surface area contributed by atoms with E-state index in [-0.39, 0.29) is 5.75 Å². The molecule has 0 aliphatic rings. The molecule has 2 aromatic rings. The third-order valence-corrected chi connectivity index (χ3v) is 3.48. The van der Waals surface area contributed by atoms with Gasteiger partial charge in [0.15, 0.2) is 0 Å². The van der Waals surface area contributed by atoms with Gasteiger partial charge in [-0.1, -0.05) is 35.3 Å². The van der Waals surface area contributed by atoms with Gasteiger partial charge in [-0.15, -0.1) is 0 Å². The van der Waals surface area contributed by atoms with Crippen molar-refractivity contribution in [3.8, 4) is 5.75 Å². The first-order chi connectivity index (χ1) is 9.06. The van der Waals surface area contributed by atoms with Crippen molar-refractivity contribution in [3.05, 3.63) is 52.0 Å². The molecule has 0 aliphatic carbocycles. The van der Waals surface area contributed by atoms with Gasteiger partial charge in [0.05, 0.1) is 21.4 Å². The molecule has 4 N–H and O–H groups in total. The average molecular weight is 297 g/mol. The number of anilines is 2. The number of aromatic hydroxyl groups is 1. The summed E-state index contributed by atoms with van der Waals surface area (Å²) in [5.74, 6) is 0.269. The molecule has 0 saturated heterocycles. The number of hydrogen-bond donors (Lipinski definition) is 3. The van der Waals surface area contributed by atoms with Crippen LogP contribution in [-0.4, -0.2) is 11.7 Å². The Morgan fingerprint density at radius 2 is 1.68 bits per heavy atom. The van der Waals surface area contributed by atoms with Gasteiger partial charge in [0.1, 0.15) is 5.75 Å². The standard InChI is InChI=1S/C14H14Cl2N2O/c15-11-7-13(17)14(8-12(11)16)18-6-5-9-1-3-10(19)4-2-9/h1-4,7-8,18-19H,5-6,17H2. The Morgan fingerprint density at radius 3 is 2.37 bits per heavy atom. The van der Waals surface area contributed by atoms with Crippen molar-refractivity contribution in [2.75, 3.05) is 17.6 Å². The number of benzene rings is 2. The topological polar surface area (TPSA) is 58.3 Å². The van der Waals surface area contributed by atoms with Crippen LogP contribution in [0, 0.1) is 0 Å². The average Bonchev–Trinajstić information content (AvgIpc) is 2.38. The Bertz CT molecular complexity index is 570. The van der Waals surface area contributed by atoms with Gasteiger partial charge in [0.2, 0.25) is 0 Å². The van der Waals surface area contributed by atoms with Crippen molar-refractivity contribution < 1.29 is 5.11 Å². The highest BCUT2D eigenvalue weighted by Gasteiger charge is 2.04. The van der Waals surface area contributed by atoms with Crippen LogP contribution in [0.3, 0.4) is 0 Å². The summed E-state index contributed by atoms with van der Waals surface area (Å²) in [6.45, 7) is 0.715. The largest absolute Gasteiger partial charge is 0.508 e. The molecule has 0 saturated carbocycles. The summed E-state index contributed by atoms with van der Waals surface area (Å²) in [5, 5.41) is 13.3. The van der Waals surface area contributed by atoms with E-state index in [1.54, 1.807) is 24.3 Å². The van der Waals surface area contributed by atoms with Crippen molar-refractivity contribution in [2.24, 2.45) is 0 Å². The fourth-order valence-corrected chi connectivity index (χ4v) is 2.06. The molecule has 0 amide bonds. The molecule has 0 heterocycles. The zero-order valence-corrected chi connectivity index (χ0v) is 11.7. The van der Waals surface area contributed by atoms with Crippen molar-refractivity contribution in [3.63, 3.8) is 0 Å². The molecular weight excluding hydrogens is 283 g/mol. The predicted molar refractivity (Wildman–Crippen MR) is 81.2 cm³/mol. The highest BCUT2D eigenvalue weighted by Crippen LogP contribution is 2.30. The molecule has 0 aliphatic heterocycles. The van der Waals surface area contributed by atoms with Gasteiger partial charge in [-0.05, 0) is 36.2 Å². The summed E-state index contributed by atoms with van der Waals surface area (Å²) in [7, 11) is 0. The molecule has 19 heavy (non-hydrogen) atoms. The summed E-state index contributed by atoms with van der Waals surface area (Å²) >= 11 is 11.8. The molecule has 0 atom stereocenters. The van der Waals surface area contributed by atoms with Crippen molar-refractivity contribution in [1.82, 2.24) is 0 Å². The lowest BCUT2D eigenvalue weighted by molar-refractivity contribution is 0.475. The lowest BCUT2D eigenvalue weighted by atomic mass is 10.1. The molecule has 0 radical (unpaired) electrons. The predicted octanol–water partition coefficient (Wildman–Crippen LogP) is 3.94. The molecule has 3 nitrogen and oxygen atoms in total. The zero-order valence-electron chi connectivity index (χ0n) is 10.2. The van der Waals surface area contributed by atoms with Crippen LogP contribution in [0.1, 0.15) is 5.56 Å². The number of nitrogen functional groups attached to an aromatic ring is 1. The SMILES string of the molecule is Nc1cc(Cl)c(Cl)cc1NCCc1ccc(O)cc1. The van der Waals surface area contributed by atoms with Crippen LogP contribution in [0.5, 0.6) is 5.75 Å². The number of rotatable bonds is 4. The van der Waals surface area contributed by atoms with E-state index in [0.717, 1.165) is 17.7 Å². The van der Waals surface area contributed by atoms with Crippen LogP contribution < -0.4 is 11.1 Å². The van der Waals surface area contributed by atoms with Gasteiger partial charge in [0, 0.05) is 6.54 Å². The van der Waals surface area contributed by atoms with Gasteiger partial charge < -0.3 is 16.2 Å². The summed E-state index contributed by atoms with van der Waals surface area (Å²) in [5.41, 5.74) is 8.32. The Hall–Kier alpha value is -1.58. The number of nitrogens with one attached hydrogen (secondary N) is 1. The smallest absolute Gasteiger partial charge is 0.115 e. The van der Waals surface area contributed by atoms with Crippen LogP contribution in [0.2, 0.25) is 10.0 Å². The van der Waals surface area contributed by atoms with Crippen LogP contribution in [-0.2, 0) is 6.42 Å². The minimum absolute atomic E-state index is 0.269. The van der Waals surface area contributed by atoms with Crippen LogP contribution in [0.4, 0.5) is 11.4 Å². The van der Waals surface area contributed by atoms with Gasteiger partial charge in [-0.2, -0.15) is 0 Å². The second-order valence-electron chi connectivity index (χ2n) is 4.20. The molecule has 2 rings (SSSR count). The lowest BCUT2D eigenvalue weighted by Crippen LogP contribution is -2.06. The third-order valence-electron chi connectivity index (χ3n) is 2.76.